The fourth-order valence-electron chi connectivity index (χ4n) is 4.10. The van der Waals surface area contributed by atoms with E-state index < -0.39 is 23.0 Å². The van der Waals surface area contributed by atoms with Crippen LogP contribution in [0.5, 0.6) is 0 Å². The Morgan fingerprint density at radius 2 is 1.68 bits per heavy atom. The van der Waals surface area contributed by atoms with Crippen molar-refractivity contribution in [3.05, 3.63) is 91.9 Å². The number of rotatable bonds is 5. The first kappa shape index (κ1) is 23.5. The zero-order chi connectivity index (χ0) is 24.8. The van der Waals surface area contributed by atoms with Gasteiger partial charge in [-0.2, -0.15) is 13.2 Å². The number of hydrogen-bond acceptors (Lipinski definition) is 3. The average Bonchev–Trinajstić information content (AvgIpc) is 3.15. The maximum Gasteiger partial charge on any atom is 0.416 e. The summed E-state index contributed by atoms with van der Waals surface area (Å²) in [5, 5.41) is 0. The van der Waals surface area contributed by atoms with Crippen LogP contribution in [0.3, 0.4) is 0 Å². The SMILES string of the molecule is Cc1ccc(-n2c(=O)n(CC(C)C)c(=O)c3c2ncn3Cc2ccc(C(F)(F)F)cc2)c(C)c1. The van der Waals surface area contributed by atoms with Gasteiger partial charge in [0.25, 0.3) is 5.56 Å². The third kappa shape index (κ3) is 4.30. The molecule has 0 fully saturated rings. The molecule has 6 nitrogen and oxygen atoms in total. The van der Waals surface area contributed by atoms with E-state index in [9.17, 15) is 22.8 Å². The van der Waals surface area contributed by atoms with Crippen molar-refractivity contribution in [1.29, 1.82) is 0 Å². The number of aryl methyl sites for hydroxylation is 2. The lowest BCUT2D eigenvalue weighted by atomic mass is 10.1. The highest BCUT2D eigenvalue weighted by Gasteiger charge is 2.30. The Morgan fingerprint density at radius 1 is 1.00 bits per heavy atom. The van der Waals surface area contributed by atoms with Gasteiger partial charge >= 0.3 is 11.9 Å². The van der Waals surface area contributed by atoms with Gasteiger partial charge in [-0.3, -0.25) is 9.36 Å². The summed E-state index contributed by atoms with van der Waals surface area (Å²) in [7, 11) is 0. The van der Waals surface area contributed by atoms with Crippen molar-refractivity contribution in [2.45, 2.75) is 47.0 Å². The van der Waals surface area contributed by atoms with E-state index in [4.69, 9.17) is 0 Å². The van der Waals surface area contributed by atoms with Gasteiger partial charge in [0.05, 0.1) is 17.6 Å². The maximum atomic E-state index is 13.4. The van der Waals surface area contributed by atoms with E-state index in [1.807, 2.05) is 45.9 Å². The number of benzene rings is 2. The summed E-state index contributed by atoms with van der Waals surface area (Å²) < 4.78 is 43.0. The summed E-state index contributed by atoms with van der Waals surface area (Å²) >= 11 is 0. The van der Waals surface area contributed by atoms with Crippen LogP contribution in [0.15, 0.2) is 58.4 Å². The zero-order valence-corrected chi connectivity index (χ0v) is 19.3. The standard InChI is InChI=1S/C25H25F3N4O2/c1-15(2)12-31-23(33)21-22(32(24(31)34)20-10-5-16(3)11-17(20)4)29-14-30(21)13-18-6-8-19(9-7-18)25(26,27)28/h5-11,14-15H,12-13H2,1-4H3. The molecule has 2 heterocycles. The first-order valence-corrected chi connectivity index (χ1v) is 10.9. The summed E-state index contributed by atoms with van der Waals surface area (Å²) in [4.78, 5) is 31.2. The molecule has 0 amide bonds. The Hall–Kier alpha value is -3.62. The van der Waals surface area contributed by atoms with Crippen LogP contribution in [0, 0.1) is 19.8 Å². The van der Waals surface area contributed by atoms with Crippen molar-refractivity contribution in [2.75, 3.05) is 0 Å². The number of halogens is 3. The summed E-state index contributed by atoms with van der Waals surface area (Å²) in [6.45, 7) is 8.03. The maximum absolute atomic E-state index is 13.4. The molecule has 0 N–H and O–H groups in total. The number of hydrogen-bond donors (Lipinski definition) is 0. The molecule has 0 radical (unpaired) electrons. The van der Waals surface area contributed by atoms with E-state index in [-0.39, 0.29) is 30.2 Å². The van der Waals surface area contributed by atoms with E-state index in [1.54, 1.807) is 4.57 Å². The highest BCUT2D eigenvalue weighted by molar-refractivity contribution is 5.73. The van der Waals surface area contributed by atoms with Crippen LogP contribution in [0.25, 0.3) is 16.9 Å². The molecule has 2 aromatic heterocycles. The summed E-state index contributed by atoms with van der Waals surface area (Å²) in [5.41, 5.74) is 1.84. The number of alkyl halides is 3. The second kappa shape index (κ2) is 8.62. The van der Waals surface area contributed by atoms with Gasteiger partial charge in [-0.15, -0.1) is 0 Å². The Kier molecular flexibility index (Phi) is 5.97. The highest BCUT2D eigenvalue weighted by Crippen LogP contribution is 2.29. The Bertz CT molecular complexity index is 1480. The molecule has 4 aromatic rings. The van der Waals surface area contributed by atoms with E-state index >= 15 is 0 Å². The van der Waals surface area contributed by atoms with Crippen LogP contribution in [-0.2, 0) is 19.3 Å². The predicted octanol–water partition coefficient (Wildman–Crippen LogP) is 4.69. The Labute approximate surface area is 193 Å². The van der Waals surface area contributed by atoms with Crippen LogP contribution < -0.4 is 11.2 Å². The van der Waals surface area contributed by atoms with Gasteiger partial charge in [-0.05, 0) is 49.1 Å². The largest absolute Gasteiger partial charge is 0.416 e. The molecule has 2 aromatic carbocycles. The lowest BCUT2D eigenvalue weighted by Gasteiger charge is -2.16. The molecule has 9 heteroatoms. The molecule has 0 bridgehead atoms. The lowest BCUT2D eigenvalue weighted by molar-refractivity contribution is -0.137. The van der Waals surface area contributed by atoms with E-state index in [2.05, 4.69) is 4.98 Å². The molecule has 34 heavy (non-hydrogen) atoms. The van der Waals surface area contributed by atoms with Crippen molar-refractivity contribution in [3.63, 3.8) is 0 Å². The molecule has 0 saturated carbocycles. The van der Waals surface area contributed by atoms with Crippen molar-refractivity contribution in [1.82, 2.24) is 18.7 Å². The quantitative estimate of drug-likeness (QED) is 0.425. The fourth-order valence-corrected chi connectivity index (χ4v) is 4.10. The van der Waals surface area contributed by atoms with Gasteiger partial charge in [0.1, 0.15) is 0 Å². The van der Waals surface area contributed by atoms with Crippen LogP contribution in [0.4, 0.5) is 13.2 Å². The average molecular weight is 470 g/mol. The summed E-state index contributed by atoms with van der Waals surface area (Å²) in [6.07, 6.45) is -2.98. The second-order valence-electron chi connectivity index (χ2n) is 8.96. The summed E-state index contributed by atoms with van der Waals surface area (Å²) in [5.74, 6) is 0.0432. The van der Waals surface area contributed by atoms with E-state index in [0.717, 1.165) is 23.3 Å². The van der Waals surface area contributed by atoms with E-state index in [1.165, 1.54) is 27.6 Å². The molecule has 0 aliphatic carbocycles. The normalized spacial score (nSPS) is 12.1. The van der Waals surface area contributed by atoms with Gasteiger partial charge < -0.3 is 4.57 Å². The first-order valence-electron chi connectivity index (χ1n) is 10.9. The zero-order valence-electron chi connectivity index (χ0n) is 19.3. The van der Waals surface area contributed by atoms with Crippen molar-refractivity contribution >= 4 is 11.2 Å². The molecule has 0 aliphatic rings. The number of nitrogens with zero attached hydrogens (tertiary/aromatic N) is 4. The predicted molar refractivity (Wildman–Crippen MR) is 124 cm³/mol. The van der Waals surface area contributed by atoms with Crippen LogP contribution >= 0.6 is 0 Å². The molecule has 4 rings (SSSR count). The topological polar surface area (TPSA) is 61.8 Å². The Morgan fingerprint density at radius 3 is 2.26 bits per heavy atom. The molecule has 0 spiro atoms. The van der Waals surface area contributed by atoms with Crippen molar-refractivity contribution in [3.8, 4) is 5.69 Å². The molecule has 0 atom stereocenters. The van der Waals surface area contributed by atoms with Gasteiger partial charge in [0.2, 0.25) is 0 Å². The van der Waals surface area contributed by atoms with Crippen LogP contribution in [0.1, 0.15) is 36.1 Å². The van der Waals surface area contributed by atoms with Gasteiger partial charge in [-0.1, -0.05) is 43.7 Å². The fraction of sp³-hybridized carbons (Fsp3) is 0.320. The van der Waals surface area contributed by atoms with Crippen LogP contribution in [0.2, 0.25) is 0 Å². The van der Waals surface area contributed by atoms with Gasteiger partial charge in [-0.25, -0.2) is 14.3 Å². The van der Waals surface area contributed by atoms with Crippen LogP contribution in [-0.4, -0.2) is 18.7 Å². The number of imidazole rings is 1. The molecular weight excluding hydrogens is 445 g/mol. The molecular formula is C25H25F3N4O2. The van der Waals surface area contributed by atoms with Crippen molar-refractivity contribution < 1.29 is 13.2 Å². The van der Waals surface area contributed by atoms with E-state index in [0.29, 0.717) is 11.3 Å². The smallest absolute Gasteiger partial charge is 0.320 e. The highest BCUT2D eigenvalue weighted by atomic mass is 19.4. The summed E-state index contributed by atoms with van der Waals surface area (Å²) in [6, 6.07) is 10.4. The molecule has 178 valence electrons. The monoisotopic (exact) mass is 470 g/mol. The Balaban J connectivity index is 1.92. The van der Waals surface area contributed by atoms with Gasteiger partial charge in [0.15, 0.2) is 11.2 Å². The molecule has 0 saturated heterocycles. The van der Waals surface area contributed by atoms with Gasteiger partial charge in [0, 0.05) is 13.1 Å². The molecule has 0 unspecified atom stereocenters. The minimum atomic E-state index is -4.42. The minimum absolute atomic E-state index is 0.0432. The third-order valence-electron chi connectivity index (χ3n) is 5.68. The lowest BCUT2D eigenvalue weighted by Crippen LogP contribution is -2.41. The third-order valence-corrected chi connectivity index (χ3v) is 5.68. The number of aromatic nitrogens is 4. The second-order valence-corrected chi connectivity index (χ2v) is 8.96. The number of fused-ring (bicyclic) bond motifs is 1. The first-order chi connectivity index (χ1) is 16.0. The molecule has 0 aliphatic heterocycles. The minimum Gasteiger partial charge on any atom is -0.320 e. The van der Waals surface area contributed by atoms with Crippen molar-refractivity contribution in [2.24, 2.45) is 5.92 Å².